The van der Waals surface area contributed by atoms with Crippen LogP contribution in [0.15, 0.2) is 40.7 Å². The Labute approximate surface area is 141 Å². The highest BCUT2D eigenvalue weighted by molar-refractivity contribution is 7.10. The molecule has 2 N–H and O–H groups in total. The molecule has 1 aliphatic rings. The van der Waals surface area contributed by atoms with Crippen molar-refractivity contribution >= 4 is 17.3 Å². The summed E-state index contributed by atoms with van der Waals surface area (Å²) >= 11 is 1.78. The van der Waals surface area contributed by atoms with Crippen LogP contribution >= 0.6 is 11.3 Å². The Hall–Kier alpha value is -2.01. The lowest BCUT2D eigenvalue weighted by molar-refractivity contribution is 0.267. The van der Waals surface area contributed by atoms with Crippen LogP contribution in [-0.4, -0.2) is 26.2 Å². The third kappa shape index (κ3) is 3.85. The van der Waals surface area contributed by atoms with Crippen LogP contribution < -0.4 is 15.4 Å². The van der Waals surface area contributed by atoms with Crippen LogP contribution in [0.1, 0.15) is 28.3 Å². The number of nitrogens with zero attached hydrogens (tertiary/aromatic N) is 1. The van der Waals surface area contributed by atoms with Crippen molar-refractivity contribution in [3.8, 4) is 5.75 Å². The summed E-state index contributed by atoms with van der Waals surface area (Å²) in [6, 6.07) is 10.5. The van der Waals surface area contributed by atoms with E-state index in [0.717, 1.165) is 37.8 Å². The maximum absolute atomic E-state index is 5.72. The number of nitrogens with one attached hydrogen (secondary N) is 2. The quantitative estimate of drug-likeness (QED) is 0.668. The number of guanidine groups is 1. The summed E-state index contributed by atoms with van der Waals surface area (Å²) in [6.07, 6.45) is 1.03. The number of thiophene rings is 1. The van der Waals surface area contributed by atoms with Gasteiger partial charge in [0.05, 0.1) is 13.2 Å². The number of hydrogen-bond donors (Lipinski definition) is 2. The monoisotopic (exact) mass is 329 g/mol. The zero-order valence-corrected chi connectivity index (χ0v) is 14.5. The van der Waals surface area contributed by atoms with Gasteiger partial charge in [-0.25, -0.2) is 0 Å². The first-order chi connectivity index (χ1) is 11.3. The van der Waals surface area contributed by atoms with E-state index in [4.69, 9.17) is 4.74 Å². The number of ether oxygens (including phenoxy) is 1. The van der Waals surface area contributed by atoms with Gasteiger partial charge in [-0.3, -0.25) is 4.99 Å². The highest BCUT2D eigenvalue weighted by Crippen LogP contribution is 2.32. The zero-order valence-electron chi connectivity index (χ0n) is 13.6. The highest BCUT2D eigenvalue weighted by Gasteiger charge is 2.21. The smallest absolute Gasteiger partial charge is 0.191 e. The van der Waals surface area contributed by atoms with Gasteiger partial charge in [-0.1, -0.05) is 18.2 Å². The molecule has 1 unspecified atom stereocenters. The molecule has 1 aromatic carbocycles. The minimum atomic E-state index is 0.460. The van der Waals surface area contributed by atoms with E-state index in [-0.39, 0.29) is 0 Å². The second-order valence-electron chi connectivity index (χ2n) is 5.71. The Bertz CT molecular complexity index is 680. The molecule has 0 fully saturated rings. The molecule has 23 heavy (non-hydrogen) atoms. The molecule has 3 rings (SSSR count). The Morgan fingerprint density at radius 3 is 2.96 bits per heavy atom. The van der Waals surface area contributed by atoms with Crippen LogP contribution in [0, 0.1) is 6.92 Å². The second kappa shape index (κ2) is 7.51. The molecule has 0 saturated carbocycles. The maximum Gasteiger partial charge on any atom is 0.191 e. The van der Waals surface area contributed by atoms with Gasteiger partial charge < -0.3 is 15.4 Å². The van der Waals surface area contributed by atoms with Gasteiger partial charge in [0.2, 0.25) is 0 Å². The Balaban J connectivity index is 1.56. The largest absolute Gasteiger partial charge is 0.493 e. The third-order valence-corrected chi connectivity index (χ3v) is 5.23. The maximum atomic E-state index is 5.72. The summed E-state index contributed by atoms with van der Waals surface area (Å²) in [5.41, 5.74) is 2.62. The first-order valence-corrected chi connectivity index (χ1v) is 8.85. The van der Waals surface area contributed by atoms with E-state index in [1.165, 1.54) is 16.0 Å². The predicted octanol–water partition coefficient (Wildman–Crippen LogP) is 3.29. The minimum Gasteiger partial charge on any atom is -0.493 e. The van der Waals surface area contributed by atoms with Crippen molar-refractivity contribution < 1.29 is 4.74 Å². The number of aliphatic imine (C=N–C) groups is 1. The average molecular weight is 329 g/mol. The first kappa shape index (κ1) is 15.9. The summed E-state index contributed by atoms with van der Waals surface area (Å²) in [6.45, 7) is 4.60. The number of hydrogen-bond acceptors (Lipinski definition) is 3. The molecule has 5 heteroatoms. The van der Waals surface area contributed by atoms with E-state index in [0.29, 0.717) is 5.92 Å². The average Bonchev–Trinajstić information content (AvgIpc) is 3.00. The van der Waals surface area contributed by atoms with Gasteiger partial charge in [-0.15, -0.1) is 11.3 Å². The Kier molecular flexibility index (Phi) is 5.18. The molecule has 0 amide bonds. The van der Waals surface area contributed by atoms with Gasteiger partial charge in [0, 0.05) is 24.4 Å². The van der Waals surface area contributed by atoms with E-state index in [1.807, 2.05) is 19.2 Å². The van der Waals surface area contributed by atoms with Crippen molar-refractivity contribution in [2.45, 2.75) is 25.8 Å². The summed E-state index contributed by atoms with van der Waals surface area (Å²) in [7, 11) is 1.81. The third-order valence-electron chi connectivity index (χ3n) is 4.21. The van der Waals surface area contributed by atoms with E-state index in [2.05, 4.69) is 46.1 Å². The van der Waals surface area contributed by atoms with Crippen LogP contribution in [-0.2, 0) is 6.54 Å². The van der Waals surface area contributed by atoms with Crippen molar-refractivity contribution in [1.82, 2.24) is 10.6 Å². The molecule has 122 valence electrons. The van der Waals surface area contributed by atoms with Crippen LogP contribution in [0.2, 0.25) is 0 Å². The number of para-hydroxylation sites is 1. The molecule has 2 aromatic rings. The van der Waals surface area contributed by atoms with Gasteiger partial charge in [0.1, 0.15) is 5.75 Å². The van der Waals surface area contributed by atoms with E-state index >= 15 is 0 Å². The summed E-state index contributed by atoms with van der Waals surface area (Å²) in [5.74, 6) is 2.33. The zero-order chi connectivity index (χ0) is 16.1. The standard InChI is InChI=1S/C18H23N3OS/c1-13-8-10-23-17(13)12-21-18(19-2)20-11-14-7-9-22-16-6-4-3-5-15(14)16/h3-6,8,10,14H,7,9,11-12H2,1-2H3,(H2,19,20,21). The fourth-order valence-corrected chi connectivity index (χ4v) is 3.66. The van der Waals surface area contributed by atoms with Gasteiger partial charge in [-0.2, -0.15) is 0 Å². The molecule has 0 radical (unpaired) electrons. The van der Waals surface area contributed by atoms with E-state index in [1.54, 1.807) is 11.3 Å². The lowest BCUT2D eigenvalue weighted by atomic mass is 9.93. The van der Waals surface area contributed by atoms with Gasteiger partial charge in [0.25, 0.3) is 0 Å². The Morgan fingerprint density at radius 2 is 2.17 bits per heavy atom. The van der Waals surface area contributed by atoms with Crippen molar-refractivity contribution in [1.29, 1.82) is 0 Å². The first-order valence-electron chi connectivity index (χ1n) is 7.97. The topological polar surface area (TPSA) is 45.7 Å². The molecular weight excluding hydrogens is 306 g/mol. The number of fused-ring (bicyclic) bond motifs is 1. The van der Waals surface area contributed by atoms with Crippen molar-refractivity contribution in [3.63, 3.8) is 0 Å². The van der Waals surface area contributed by atoms with Gasteiger partial charge in [0.15, 0.2) is 5.96 Å². The SMILES string of the molecule is CN=C(NCc1sccc1C)NCC1CCOc2ccccc21. The fourth-order valence-electron chi connectivity index (χ4n) is 2.82. The van der Waals surface area contributed by atoms with Gasteiger partial charge >= 0.3 is 0 Å². The summed E-state index contributed by atoms with van der Waals surface area (Å²) in [5, 5.41) is 8.97. The molecule has 1 atom stereocenters. The molecule has 1 aromatic heterocycles. The number of rotatable bonds is 4. The van der Waals surface area contributed by atoms with E-state index in [9.17, 15) is 0 Å². The normalized spacial score (nSPS) is 17.3. The van der Waals surface area contributed by atoms with Gasteiger partial charge in [-0.05, 0) is 42.0 Å². The van der Waals surface area contributed by atoms with Crippen LogP contribution in [0.3, 0.4) is 0 Å². The van der Waals surface area contributed by atoms with Crippen LogP contribution in [0.4, 0.5) is 0 Å². The Morgan fingerprint density at radius 1 is 1.30 bits per heavy atom. The second-order valence-corrected chi connectivity index (χ2v) is 6.71. The molecule has 2 heterocycles. The summed E-state index contributed by atoms with van der Waals surface area (Å²) in [4.78, 5) is 5.68. The van der Waals surface area contributed by atoms with Crippen molar-refractivity contribution in [2.75, 3.05) is 20.2 Å². The molecule has 0 saturated heterocycles. The molecular formula is C18H23N3OS. The highest BCUT2D eigenvalue weighted by atomic mass is 32.1. The molecule has 0 spiro atoms. The predicted molar refractivity (Wildman–Crippen MR) is 96.6 cm³/mol. The summed E-state index contributed by atoms with van der Waals surface area (Å²) < 4.78 is 5.72. The molecule has 0 aliphatic carbocycles. The van der Waals surface area contributed by atoms with Crippen LogP contribution in [0.25, 0.3) is 0 Å². The number of aryl methyl sites for hydroxylation is 1. The number of benzene rings is 1. The van der Waals surface area contributed by atoms with Crippen molar-refractivity contribution in [3.05, 3.63) is 51.7 Å². The fraction of sp³-hybridized carbons (Fsp3) is 0.389. The molecule has 0 bridgehead atoms. The lowest BCUT2D eigenvalue weighted by Gasteiger charge is -2.26. The van der Waals surface area contributed by atoms with E-state index < -0.39 is 0 Å². The van der Waals surface area contributed by atoms with Crippen LogP contribution in [0.5, 0.6) is 5.75 Å². The molecule has 4 nitrogen and oxygen atoms in total. The molecule has 1 aliphatic heterocycles. The van der Waals surface area contributed by atoms with Crippen molar-refractivity contribution in [2.24, 2.45) is 4.99 Å². The lowest BCUT2D eigenvalue weighted by Crippen LogP contribution is -2.39. The minimum absolute atomic E-state index is 0.460.